The number of hydrogen-bond acceptors (Lipinski definition) is 8. The maximum absolute atomic E-state index is 13.8. The van der Waals surface area contributed by atoms with E-state index in [9.17, 15) is 33.2 Å². The summed E-state index contributed by atoms with van der Waals surface area (Å²) in [5, 5.41) is 21.4. The van der Waals surface area contributed by atoms with Crippen molar-refractivity contribution in [2.75, 3.05) is 13.1 Å². The number of para-hydroxylation sites is 1. The lowest BCUT2D eigenvalue weighted by atomic mass is 9.91. The molecule has 3 atom stereocenters. The van der Waals surface area contributed by atoms with Crippen LogP contribution in [0.1, 0.15) is 38.2 Å². The van der Waals surface area contributed by atoms with Crippen LogP contribution < -0.4 is 11.5 Å². The van der Waals surface area contributed by atoms with E-state index in [1.807, 2.05) is 6.92 Å². The van der Waals surface area contributed by atoms with Crippen LogP contribution in [0.5, 0.6) is 0 Å². The van der Waals surface area contributed by atoms with Crippen molar-refractivity contribution in [3.05, 3.63) is 46.1 Å². The summed E-state index contributed by atoms with van der Waals surface area (Å²) in [7, 11) is -4.93. The number of nitro groups is 1. The normalized spacial score (nSPS) is 18.5. The van der Waals surface area contributed by atoms with Gasteiger partial charge in [0, 0.05) is 29.1 Å². The molecule has 1 aliphatic heterocycles. The number of sulfonamides is 1. The van der Waals surface area contributed by atoms with Crippen LogP contribution >= 0.6 is 0 Å². The number of carboxylic acids is 1. The standard InChI is InChI=1S/C23H31N7O7S/c1-14-8-10-28(18(12-14)22(32)33)21(31)17(6-4-9-26-23(24)25)29(30(34)35)38(36,37)19-7-3-5-16-11-15(2)13-27-20(16)19/h3,5,7,11,13-14,17-18H,4,6,8-10,12H2,1-2H3,(H,32,33)(H4,24,25,26)/t14-,17+,18-/m1/s1. The Morgan fingerprint density at radius 2 is 2.08 bits per heavy atom. The van der Waals surface area contributed by atoms with Gasteiger partial charge in [0.1, 0.15) is 10.9 Å². The average molecular weight is 550 g/mol. The van der Waals surface area contributed by atoms with Crippen LogP contribution in [0.3, 0.4) is 0 Å². The van der Waals surface area contributed by atoms with Crippen molar-refractivity contribution in [3.8, 4) is 0 Å². The Balaban J connectivity index is 2.11. The number of benzene rings is 1. The van der Waals surface area contributed by atoms with Gasteiger partial charge in [0.15, 0.2) is 17.0 Å². The predicted octanol–water partition coefficient (Wildman–Crippen LogP) is 0.860. The first kappa shape index (κ1) is 28.6. The molecule has 0 aliphatic carbocycles. The Morgan fingerprint density at radius 1 is 1.37 bits per heavy atom. The number of hydrogen-bond donors (Lipinski definition) is 3. The molecular formula is C23H31N7O7S. The van der Waals surface area contributed by atoms with Gasteiger partial charge in [-0.25, -0.2) is 14.9 Å². The molecule has 38 heavy (non-hydrogen) atoms. The third-order valence-corrected chi connectivity index (χ3v) is 8.18. The zero-order valence-electron chi connectivity index (χ0n) is 21.1. The van der Waals surface area contributed by atoms with Crippen LogP contribution in [0, 0.1) is 23.0 Å². The number of carbonyl (C=O) groups excluding carboxylic acids is 1. The molecule has 1 aromatic carbocycles. The monoisotopic (exact) mass is 549 g/mol. The highest BCUT2D eigenvalue weighted by Crippen LogP contribution is 2.30. The number of aromatic nitrogens is 1. The van der Waals surface area contributed by atoms with Crippen molar-refractivity contribution in [2.45, 2.75) is 56.5 Å². The Labute approximate surface area is 219 Å². The lowest BCUT2D eigenvalue weighted by Crippen LogP contribution is -2.58. The fourth-order valence-electron chi connectivity index (χ4n) is 4.57. The highest BCUT2D eigenvalue weighted by molar-refractivity contribution is 7.89. The Kier molecular flexibility index (Phi) is 8.70. The molecule has 206 valence electrons. The SMILES string of the molecule is Cc1cnc2c(S(=O)(=O)N([C@@H](CCCN=C(N)N)C(=O)N3CC[C@@H](C)C[C@@H]3C(=O)O)[N+](=O)[O-])cccc2c1. The summed E-state index contributed by atoms with van der Waals surface area (Å²) in [4.78, 5) is 46.6. The molecule has 15 heteroatoms. The number of guanidine groups is 1. The molecule has 2 heterocycles. The fraction of sp³-hybridized carbons (Fsp3) is 0.478. The zero-order valence-corrected chi connectivity index (χ0v) is 21.9. The quantitative estimate of drug-likeness (QED) is 0.125. The van der Waals surface area contributed by atoms with E-state index < -0.39 is 43.9 Å². The topological polar surface area (TPSA) is 215 Å². The molecule has 1 aromatic heterocycles. The predicted molar refractivity (Wildman–Crippen MR) is 138 cm³/mol. The molecule has 0 radical (unpaired) electrons. The molecule has 1 amide bonds. The van der Waals surface area contributed by atoms with Gasteiger partial charge in [0.2, 0.25) is 0 Å². The molecule has 1 aliphatic rings. The van der Waals surface area contributed by atoms with Crippen LogP contribution in [0.2, 0.25) is 0 Å². The summed E-state index contributed by atoms with van der Waals surface area (Å²) in [5.74, 6) is -2.48. The maximum Gasteiger partial charge on any atom is 0.326 e. The first-order valence-corrected chi connectivity index (χ1v) is 13.4. The summed E-state index contributed by atoms with van der Waals surface area (Å²) in [6.45, 7) is 3.60. The Bertz CT molecular complexity index is 1360. The number of fused-ring (bicyclic) bond motifs is 1. The second-order valence-corrected chi connectivity index (χ2v) is 11.1. The number of piperidine rings is 1. The van der Waals surface area contributed by atoms with Gasteiger partial charge >= 0.3 is 16.0 Å². The van der Waals surface area contributed by atoms with Crippen LogP contribution in [0.15, 0.2) is 40.4 Å². The third kappa shape index (κ3) is 6.10. The van der Waals surface area contributed by atoms with Crippen molar-refractivity contribution in [3.63, 3.8) is 0 Å². The highest BCUT2D eigenvalue weighted by atomic mass is 32.2. The van der Waals surface area contributed by atoms with E-state index in [1.54, 1.807) is 19.1 Å². The van der Waals surface area contributed by atoms with Crippen molar-refractivity contribution in [2.24, 2.45) is 22.4 Å². The Morgan fingerprint density at radius 3 is 2.71 bits per heavy atom. The first-order chi connectivity index (χ1) is 17.8. The molecule has 0 saturated carbocycles. The van der Waals surface area contributed by atoms with Crippen molar-refractivity contribution in [1.82, 2.24) is 14.3 Å². The third-order valence-electron chi connectivity index (χ3n) is 6.41. The molecular weight excluding hydrogens is 518 g/mol. The van der Waals surface area contributed by atoms with Gasteiger partial charge in [-0.2, -0.15) is 8.42 Å². The van der Waals surface area contributed by atoms with Gasteiger partial charge in [-0.1, -0.05) is 19.1 Å². The van der Waals surface area contributed by atoms with Gasteiger partial charge in [-0.15, -0.1) is 0 Å². The minimum atomic E-state index is -4.93. The summed E-state index contributed by atoms with van der Waals surface area (Å²) in [6.07, 6.45) is 1.73. The number of likely N-dealkylation sites (tertiary alicyclic amines) is 1. The summed E-state index contributed by atoms with van der Waals surface area (Å²) < 4.78 is 27.5. The van der Waals surface area contributed by atoms with Crippen molar-refractivity contribution >= 4 is 38.8 Å². The maximum atomic E-state index is 13.8. The number of amides is 1. The van der Waals surface area contributed by atoms with Crippen LogP contribution in [0.25, 0.3) is 10.9 Å². The molecule has 0 unspecified atom stereocenters. The lowest BCUT2D eigenvalue weighted by molar-refractivity contribution is -0.625. The second-order valence-electron chi connectivity index (χ2n) is 9.34. The number of nitrogens with two attached hydrogens (primary N) is 2. The van der Waals surface area contributed by atoms with E-state index in [2.05, 4.69) is 9.98 Å². The van der Waals surface area contributed by atoms with E-state index >= 15 is 0 Å². The zero-order chi connectivity index (χ0) is 28.2. The molecule has 2 aromatic rings. The molecule has 5 N–H and O–H groups in total. The number of aryl methyl sites for hydroxylation is 1. The number of carbonyl (C=O) groups is 2. The largest absolute Gasteiger partial charge is 0.480 e. The van der Waals surface area contributed by atoms with E-state index in [4.69, 9.17) is 11.5 Å². The summed E-state index contributed by atoms with van der Waals surface area (Å²) in [5.41, 5.74) is 11.4. The number of pyridine rings is 1. The lowest BCUT2D eigenvalue weighted by Gasteiger charge is -2.38. The van der Waals surface area contributed by atoms with Crippen LogP contribution in [0.4, 0.5) is 0 Å². The first-order valence-electron chi connectivity index (χ1n) is 12.0. The van der Waals surface area contributed by atoms with E-state index in [1.165, 1.54) is 18.3 Å². The minimum absolute atomic E-state index is 0.000956. The van der Waals surface area contributed by atoms with E-state index in [0.717, 1.165) is 10.5 Å². The minimum Gasteiger partial charge on any atom is -0.480 e. The van der Waals surface area contributed by atoms with Crippen molar-refractivity contribution < 1.29 is 28.1 Å². The molecule has 1 fully saturated rings. The van der Waals surface area contributed by atoms with Gasteiger partial charge < -0.3 is 21.5 Å². The van der Waals surface area contributed by atoms with Gasteiger partial charge in [-0.3, -0.25) is 14.8 Å². The van der Waals surface area contributed by atoms with E-state index in [0.29, 0.717) is 11.8 Å². The second kappa shape index (κ2) is 11.6. The number of hydrazine groups is 1. The molecule has 0 spiro atoms. The van der Waals surface area contributed by atoms with Crippen LogP contribution in [-0.2, 0) is 19.6 Å². The van der Waals surface area contributed by atoms with Crippen LogP contribution in [-0.4, -0.2) is 75.9 Å². The Hall–Kier alpha value is -4.01. The number of nitrogens with zero attached hydrogens (tertiary/aromatic N) is 5. The highest BCUT2D eigenvalue weighted by Gasteiger charge is 2.48. The summed E-state index contributed by atoms with van der Waals surface area (Å²) in [6, 6.07) is 2.82. The number of carboxylic acid groups (broad SMARTS) is 1. The molecule has 14 nitrogen and oxygen atoms in total. The summed E-state index contributed by atoms with van der Waals surface area (Å²) >= 11 is 0. The fourth-order valence-corrected chi connectivity index (χ4v) is 6.15. The van der Waals surface area contributed by atoms with Gasteiger partial charge in [0.25, 0.3) is 5.91 Å². The molecule has 1 saturated heterocycles. The van der Waals surface area contributed by atoms with Gasteiger partial charge in [0.05, 0.1) is 5.52 Å². The van der Waals surface area contributed by atoms with Crippen molar-refractivity contribution in [1.29, 1.82) is 0 Å². The van der Waals surface area contributed by atoms with Gasteiger partial charge in [-0.05, 0) is 56.2 Å². The smallest absolute Gasteiger partial charge is 0.326 e. The number of aliphatic imine (C=N–C) groups is 1. The molecule has 3 rings (SSSR count). The average Bonchev–Trinajstić information content (AvgIpc) is 2.84. The molecule has 0 bridgehead atoms. The number of rotatable bonds is 10. The number of aliphatic carboxylic acids is 1. The van der Waals surface area contributed by atoms with E-state index in [-0.39, 0.29) is 54.2 Å².